The third kappa shape index (κ3) is 32.8. The van der Waals surface area contributed by atoms with E-state index < -0.39 is 25.7 Å². The van der Waals surface area contributed by atoms with Gasteiger partial charge in [0, 0.05) is 5.75 Å². The van der Waals surface area contributed by atoms with E-state index in [1.54, 1.807) is 32.6 Å². The number of carboxylic acid groups (broad SMARTS) is 1. The molecule has 0 saturated carbocycles. The number of hydrogen-bond donors (Lipinski definition) is 0. The second-order valence-corrected chi connectivity index (χ2v) is 19.5. The molecular weight excluding hydrogens is 519 g/mol. The monoisotopic (exact) mass is 578 g/mol. The Labute approximate surface area is 214 Å². The van der Waals surface area contributed by atoms with Gasteiger partial charge in [0.1, 0.15) is 0 Å². The Kier molecular flexibility index (Phi) is 32.2. The van der Waals surface area contributed by atoms with Gasteiger partial charge in [0.15, 0.2) is 0 Å². The van der Waals surface area contributed by atoms with Gasteiger partial charge < -0.3 is 9.90 Å². The third-order valence-corrected chi connectivity index (χ3v) is 16.0. The molecule has 0 unspecified atom stereocenters. The molecule has 0 fully saturated rings. The van der Waals surface area contributed by atoms with Crippen molar-refractivity contribution in [3.05, 3.63) is 0 Å². The van der Waals surface area contributed by atoms with Gasteiger partial charge in [-0.1, -0.05) is 33.1 Å². The molecule has 0 amide bonds. The summed E-state index contributed by atoms with van der Waals surface area (Å²) in [5, 5.41) is 10.0. The fourth-order valence-electron chi connectivity index (χ4n) is 3.87. The van der Waals surface area contributed by atoms with Crippen LogP contribution in [0.4, 0.5) is 0 Å². The summed E-state index contributed by atoms with van der Waals surface area (Å²) in [6, 6.07) is 0. The Morgan fingerprint density at radius 2 is 1.12 bits per heavy atom. The molecule has 0 aromatic carbocycles. The number of hydrogen-bond acceptors (Lipinski definition) is 3. The Hall–Kier alpha value is 0.619. The standard InChI is InChI=1S/C10H20O2S.3C6H13.Sn/c1-9(2)6-4-3-5-7-13-8-10(11)12;3*1-3-5-6-4-2;/h9H,3-8H2,1-2H3,(H,11,12);3*1,3-6H2,2H3;/q;;;;+1/p-1. The molecule has 2 nitrogen and oxygen atoms in total. The number of aliphatic carboxylic acids is 1. The van der Waals surface area contributed by atoms with Crippen LogP contribution >= 0.6 is 11.8 Å². The molecule has 0 N–H and O–H groups in total. The molecule has 0 aromatic rings. The zero-order valence-electron chi connectivity index (χ0n) is 22.7. The van der Waals surface area contributed by atoms with Crippen molar-refractivity contribution >= 4 is 37.5 Å². The topological polar surface area (TPSA) is 40.1 Å². The van der Waals surface area contributed by atoms with Crippen LogP contribution in [0.15, 0.2) is 0 Å². The predicted molar refractivity (Wildman–Crippen MR) is 148 cm³/mol. The molecule has 0 atom stereocenters. The van der Waals surface area contributed by atoms with Gasteiger partial charge in [-0.05, 0) is 18.1 Å². The van der Waals surface area contributed by atoms with E-state index in [9.17, 15) is 9.90 Å². The number of thioether (sulfide) groups is 1. The van der Waals surface area contributed by atoms with Crippen LogP contribution in [0.1, 0.15) is 137 Å². The van der Waals surface area contributed by atoms with E-state index in [4.69, 9.17) is 0 Å². The van der Waals surface area contributed by atoms with Crippen LogP contribution in [0.3, 0.4) is 0 Å². The first-order valence-corrected chi connectivity index (χ1v) is 21.3. The summed E-state index contributed by atoms with van der Waals surface area (Å²) in [5.74, 6) is 0.930. The fourth-order valence-corrected chi connectivity index (χ4v) is 13.2. The molecular formula is C28H58O2SSn. The predicted octanol–water partition coefficient (Wildman–Crippen LogP) is 8.91. The van der Waals surface area contributed by atoms with E-state index in [0.717, 1.165) is 18.1 Å². The molecule has 0 bridgehead atoms. The summed E-state index contributed by atoms with van der Waals surface area (Å²) >= 11 is 0.510. The van der Waals surface area contributed by atoms with Gasteiger partial charge >= 0.3 is 131 Å². The molecule has 0 heterocycles. The second kappa shape index (κ2) is 29.7. The Morgan fingerprint density at radius 3 is 1.50 bits per heavy atom. The first kappa shape index (κ1) is 34.8. The molecule has 0 spiro atoms. The van der Waals surface area contributed by atoms with E-state index in [1.807, 2.05) is 0 Å². The maximum absolute atomic E-state index is 10.0. The summed E-state index contributed by atoms with van der Waals surface area (Å²) in [6.45, 7) is 11.4. The van der Waals surface area contributed by atoms with E-state index in [-0.39, 0.29) is 5.75 Å². The van der Waals surface area contributed by atoms with Crippen molar-refractivity contribution in [1.82, 2.24) is 0 Å². The van der Waals surface area contributed by atoms with Gasteiger partial charge in [-0.2, -0.15) is 11.8 Å². The Bertz CT molecular complexity index is 335. The summed E-state index contributed by atoms with van der Waals surface area (Å²) in [4.78, 5) is 10.0. The van der Waals surface area contributed by atoms with E-state index >= 15 is 0 Å². The Morgan fingerprint density at radius 1 is 0.688 bits per heavy atom. The number of carbonyl (C=O) groups is 1. The zero-order valence-corrected chi connectivity index (χ0v) is 26.3. The quantitative estimate of drug-likeness (QED) is 0.0900. The van der Waals surface area contributed by atoms with Crippen molar-refractivity contribution in [3.63, 3.8) is 0 Å². The molecule has 192 valence electrons. The first-order chi connectivity index (χ1) is 15.5. The van der Waals surface area contributed by atoms with E-state index in [2.05, 4.69) is 34.6 Å². The zero-order chi connectivity index (χ0) is 24.3. The summed E-state index contributed by atoms with van der Waals surface area (Å²) in [7, 11) is 0. The number of rotatable bonds is 23. The van der Waals surface area contributed by atoms with Crippen molar-refractivity contribution < 1.29 is 9.90 Å². The number of carbonyl (C=O) groups excluding carboxylic acids is 1. The van der Waals surface area contributed by atoms with Gasteiger partial charge in [-0.25, -0.2) is 0 Å². The molecule has 0 aromatic heterocycles. The molecule has 0 radical (unpaired) electrons. The van der Waals surface area contributed by atoms with Crippen LogP contribution in [-0.4, -0.2) is 37.2 Å². The van der Waals surface area contributed by atoms with Crippen molar-refractivity contribution in [3.8, 4) is 0 Å². The van der Waals surface area contributed by atoms with E-state index in [1.165, 1.54) is 88.8 Å². The van der Waals surface area contributed by atoms with Gasteiger partial charge in [0.05, 0.1) is 5.97 Å². The minimum atomic E-state index is -0.952. The maximum atomic E-state index is 10.0. The van der Waals surface area contributed by atoms with Crippen LogP contribution in [0.5, 0.6) is 0 Å². The van der Waals surface area contributed by atoms with Crippen LogP contribution < -0.4 is 5.11 Å². The third-order valence-electron chi connectivity index (χ3n) is 5.94. The van der Waals surface area contributed by atoms with Crippen LogP contribution in [0.25, 0.3) is 0 Å². The van der Waals surface area contributed by atoms with Crippen molar-refractivity contribution in [2.24, 2.45) is 5.92 Å². The summed E-state index contributed by atoms with van der Waals surface area (Å²) in [6.07, 6.45) is 22.8. The van der Waals surface area contributed by atoms with Crippen LogP contribution in [0.2, 0.25) is 13.3 Å². The fraction of sp³-hybridized carbons (Fsp3) is 0.964. The van der Waals surface area contributed by atoms with Crippen molar-refractivity contribution in [2.45, 2.75) is 151 Å². The van der Waals surface area contributed by atoms with Crippen LogP contribution in [0, 0.1) is 5.92 Å². The molecule has 0 rings (SSSR count). The minimum absolute atomic E-state index is 0.143. The SMILES string of the molecule is CC(C)CCCCCSCC(=O)[O-].CCCCC[CH2][Sn+]([CH2]CCCCC)[CH2]CCCCC. The van der Waals surface area contributed by atoms with Gasteiger partial charge in [-0.15, -0.1) is 0 Å². The number of unbranched alkanes of at least 4 members (excludes halogenated alkanes) is 11. The first-order valence-electron chi connectivity index (χ1n) is 14.1. The normalized spacial score (nSPS) is 10.8. The van der Waals surface area contributed by atoms with Gasteiger partial charge in [-0.3, -0.25) is 0 Å². The van der Waals surface area contributed by atoms with Crippen molar-refractivity contribution in [2.75, 3.05) is 11.5 Å². The number of carboxylic acids is 1. The second-order valence-electron chi connectivity index (χ2n) is 9.85. The molecule has 0 aliphatic rings. The van der Waals surface area contributed by atoms with E-state index in [0.29, 0.717) is 0 Å². The molecule has 0 aliphatic carbocycles. The van der Waals surface area contributed by atoms with Gasteiger partial charge in [0.2, 0.25) is 0 Å². The summed E-state index contributed by atoms with van der Waals surface area (Å²) < 4.78 is 5.13. The molecule has 4 heteroatoms. The summed E-state index contributed by atoms with van der Waals surface area (Å²) in [5.41, 5.74) is 0. The van der Waals surface area contributed by atoms with Crippen molar-refractivity contribution in [1.29, 1.82) is 0 Å². The Balaban J connectivity index is 0. The molecule has 32 heavy (non-hydrogen) atoms. The molecule has 0 saturated heterocycles. The van der Waals surface area contributed by atoms with Crippen LogP contribution in [-0.2, 0) is 4.79 Å². The average Bonchev–Trinajstić information content (AvgIpc) is 2.76. The molecule has 0 aliphatic heterocycles. The average molecular weight is 578 g/mol. The van der Waals surface area contributed by atoms with Gasteiger partial charge in [0.25, 0.3) is 0 Å².